The Morgan fingerprint density at radius 2 is 2.15 bits per heavy atom. The standard InChI is InChI=1S/C8H6N6O.C3H3NS/c1-5(15)14-7(12)6(2-9)8(3-10,4-11)13-14;1-2-5-3-4-1/h13H,12H2,1H3;1-3H. The third-order valence-corrected chi connectivity index (χ3v) is 2.78. The molecule has 1 aromatic heterocycles. The lowest BCUT2D eigenvalue weighted by Gasteiger charge is -2.17. The Morgan fingerprint density at radius 3 is 2.40 bits per heavy atom. The van der Waals surface area contributed by atoms with E-state index in [2.05, 4.69) is 10.4 Å². The van der Waals surface area contributed by atoms with Crippen LogP contribution < -0.4 is 11.2 Å². The van der Waals surface area contributed by atoms with Crippen LogP contribution in [0, 0.1) is 34.0 Å². The normalized spacial score (nSPS) is 15.4. The quantitative estimate of drug-likeness (QED) is 0.682. The highest BCUT2D eigenvalue weighted by Crippen LogP contribution is 2.25. The number of thiazole rings is 1. The van der Waals surface area contributed by atoms with E-state index in [4.69, 9.17) is 21.5 Å². The second-order valence-electron chi connectivity index (χ2n) is 3.49. The summed E-state index contributed by atoms with van der Waals surface area (Å²) >= 11 is 1.60. The molecule has 0 atom stereocenters. The number of hydrogen-bond donors (Lipinski definition) is 2. The number of carbonyl (C=O) groups is 1. The molecule has 0 saturated heterocycles. The van der Waals surface area contributed by atoms with Crippen molar-refractivity contribution in [1.29, 1.82) is 15.8 Å². The first-order valence-electron chi connectivity index (χ1n) is 5.16. The molecule has 8 nitrogen and oxygen atoms in total. The van der Waals surface area contributed by atoms with Crippen LogP contribution in [0.25, 0.3) is 0 Å². The predicted molar refractivity (Wildman–Crippen MR) is 68.6 cm³/mol. The lowest BCUT2D eigenvalue weighted by Crippen LogP contribution is -2.48. The lowest BCUT2D eigenvalue weighted by atomic mass is 9.96. The van der Waals surface area contributed by atoms with Crippen molar-refractivity contribution in [2.45, 2.75) is 12.5 Å². The Morgan fingerprint density at radius 1 is 1.50 bits per heavy atom. The maximum Gasteiger partial charge on any atom is 0.249 e. The van der Waals surface area contributed by atoms with Gasteiger partial charge in [0.1, 0.15) is 29.6 Å². The molecule has 2 rings (SSSR count). The summed E-state index contributed by atoms with van der Waals surface area (Å²) in [7, 11) is 0. The molecule has 1 aromatic rings. The van der Waals surface area contributed by atoms with E-state index in [-0.39, 0.29) is 11.4 Å². The van der Waals surface area contributed by atoms with Gasteiger partial charge in [-0.15, -0.1) is 11.3 Å². The van der Waals surface area contributed by atoms with E-state index in [0.717, 1.165) is 5.01 Å². The monoisotopic (exact) mass is 287 g/mol. The van der Waals surface area contributed by atoms with Crippen molar-refractivity contribution in [2.75, 3.05) is 0 Å². The van der Waals surface area contributed by atoms with Crippen LogP contribution in [0.15, 0.2) is 28.5 Å². The first-order chi connectivity index (χ1) is 9.52. The molecule has 0 saturated carbocycles. The molecule has 0 aromatic carbocycles. The molecule has 0 bridgehead atoms. The van der Waals surface area contributed by atoms with E-state index in [0.29, 0.717) is 0 Å². The van der Waals surface area contributed by atoms with Gasteiger partial charge in [-0.1, -0.05) is 0 Å². The molecule has 3 N–H and O–H groups in total. The first-order valence-corrected chi connectivity index (χ1v) is 6.10. The van der Waals surface area contributed by atoms with E-state index in [1.54, 1.807) is 41.3 Å². The summed E-state index contributed by atoms with van der Waals surface area (Å²) in [6.45, 7) is 1.19. The summed E-state index contributed by atoms with van der Waals surface area (Å²) < 4.78 is 0. The van der Waals surface area contributed by atoms with Crippen molar-refractivity contribution in [2.24, 2.45) is 5.73 Å². The molecule has 0 aliphatic carbocycles. The fourth-order valence-electron chi connectivity index (χ4n) is 1.34. The molecule has 1 aliphatic heterocycles. The van der Waals surface area contributed by atoms with Crippen LogP contribution in [0.3, 0.4) is 0 Å². The molecule has 0 spiro atoms. The van der Waals surface area contributed by atoms with Gasteiger partial charge in [0.15, 0.2) is 0 Å². The molecule has 0 fully saturated rings. The van der Waals surface area contributed by atoms with Crippen molar-refractivity contribution in [3.63, 3.8) is 0 Å². The highest BCUT2D eigenvalue weighted by molar-refractivity contribution is 7.07. The topological polar surface area (TPSA) is 143 Å². The number of nitriles is 3. The van der Waals surface area contributed by atoms with Crippen LogP contribution in [-0.2, 0) is 4.79 Å². The minimum atomic E-state index is -1.87. The van der Waals surface area contributed by atoms with E-state index >= 15 is 0 Å². The van der Waals surface area contributed by atoms with Gasteiger partial charge < -0.3 is 5.73 Å². The molecule has 0 unspecified atom stereocenters. The predicted octanol–water partition coefficient (Wildman–Crippen LogP) is -0.0240. The van der Waals surface area contributed by atoms with Crippen LogP contribution in [0.5, 0.6) is 0 Å². The Hall–Kier alpha value is -2.93. The van der Waals surface area contributed by atoms with Gasteiger partial charge >= 0.3 is 0 Å². The molecule has 2 heterocycles. The molecule has 0 radical (unpaired) electrons. The number of hydrazine groups is 1. The Kier molecular flexibility index (Phi) is 4.76. The van der Waals surface area contributed by atoms with Crippen molar-refractivity contribution in [3.05, 3.63) is 28.5 Å². The maximum absolute atomic E-state index is 11.1. The van der Waals surface area contributed by atoms with Gasteiger partial charge in [-0.2, -0.15) is 21.2 Å². The SMILES string of the molecule is CC(=O)N1NC(C#N)(C#N)C(C#N)=C1N.c1cscn1. The third-order valence-electron chi connectivity index (χ3n) is 2.26. The summed E-state index contributed by atoms with van der Waals surface area (Å²) in [6.07, 6.45) is 1.77. The van der Waals surface area contributed by atoms with Crippen molar-refractivity contribution in [3.8, 4) is 18.2 Å². The highest BCUT2D eigenvalue weighted by atomic mass is 32.1. The number of aromatic nitrogens is 1. The van der Waals surface area contributed by atoms with Gasteiger partial charge in [0.2, 0.25) is 11.4 Å². The third kappa shape index (κ3) is 2.73. The highest BCUT2D eigenvalue weighted by Gasteiger charge is 2.47. The minimum Gasteiger partial charge on any atom is -0.383 e. The average Bonchev–Trinajstić information content (AvgIpc) is 3.08. The maximum atomic E-state index is 11.1. The van der Waals surface area contributed by atoms with Crippen LogP contribution in [0.4, 0.5) is 0 Å². The second kappa shape index (κ2) is 6.30. The summed E-state index contributed by atoms with van der Waals surface area (Å²) in [4.78, 5) is 14.8. The van der Waals surface area contributed by atoms with Crippen LogP contribution in [-0.4, -0.2) is 21.4 Å². The van der Waals surface area contributed by atoms with Crippen LogP contribution in [0.2, 0.25) is 0 Å². The van der Waals surface area contributed by atoms with E-state index < -0.39 is 11.4 Å². The van der Waals surface area contributed by atoms with E-state index in [1.165, 1.54) is 6.92 Å². The lowest BCUT2D eigenvalue weighted by molar-refractivity contribution is -0.129. The molecular weight excluding hydrogens is 278 g/mol. The number of hydrogen-bond acceptors (Lipinski definition) is 8. The van der Waals surface area contributed by atoms with Crippen molar-refractivity contribution >= 4 is 17.2 Å². The Labute approximate surface area is 118 Å². The van der Waals surface area contributed by atoms with Crippen LogP contribution >= 0.6 is 11.3 Å². The van der Waals surface area contributed by atoms with Crippen molar-refractivity contribution < 1.29 is 4.79 Å². The van der Waals surface area contributed by atoms with Gasteiger partial charge in [-0.3, -0.25) is 9.78 Å². The number of carbonyl (C=O) groups excluding carboxylic acids is 1. The van der Waals surface area contributed by atoms with Crippen molar-refractivity contribution in [1.82, 2.24) is 15.4 Å². The molecule has 100 valence electrons. The molecule has 20 heavy (non-hydrogen) atoms. The second-order valence-corrected chi connectivity index (χ2v) is 4.24. The number of nitrogens with one attached hydrogen (secondary N) is 1. The van der Waals surface area contributed by atoms with Gasteiger partial charge in [-0.05, 0) is 0 Å². The molecule has 1 aliphatic rings. The summed E-state index contributed by atoms with van der Waals surface area (Å²) in [6, 6.07) is 4.88. The summed E-state index contributed by atoms with van der Waals surface area (Å²) in [5, 5.41) is 29.2. The largest absolute Gasteiger partial charge is 0.383 e. The molecule has 9 heteroatoms. The summed E-state index contributed by atoms with van der Waals surface area (Å²) in [5.41, 5.74) is 7.41. The zero-order valence-electron chi connectivity index (χ0n) is 10.4. The Balaban J connectivity index is 0.000000333. The smallest absolute Gasteiger partial charge is 0.249 e. The van der Waals surface area contributed by atoms with Gasteiger partial charge in [0, 0.05) is 18.5 Å². The number of nitrogens with two attached hydrogens (primary N) is 1. The summed E-state index contributed by atoms with van der Waals surface area (Å²) in [5.74, 6) is -0.722. The zero-order valence-corrected chi connectivity index (χ0v) is 11.2. The number of rotatable bonds is 0. The molecule has 1 amide bonds. The fourth-order valence-corrected chi connectivity index (χ4v) is 1.69. The van der Waals surface area contributed by atoms with Gasteiger partial charge in [-0.25, -0.2) is 5.01 Å². The van der Waals surface area contributed by atoms with E-state index in [1.807, 2.05) is 5.38 Å². The first kappa shape index (κ1) is 15.1. The molecular formula is C11H9N7OS. The number of nitrogens with zero attached hydrogens (tertiary/aromatic N) is 5. The minimum absolute atomic E-state index is 0.215. The Bertz CT molecular complexity index is 613. The zero-order chi connectivity index (χ0) is 15.2. The van der Waals surface area contributed by atoms with Gasteiger partial charge in [0.25, 0.3) is 0 Å². The average molecular weight is 287 g/mol. The fraction of sp³-hybridized carbons (Fsp3) is 0.182. The van der Waals surface area contributed by atoms with Crippen LogP contribution in [0.1, 0.15) is 6.92 Å². The van der Waals surface area contributed by atoms with Gasteiger partial charge in [0.05, 0.1) is 5.51 Å². The van der Waals surface area contributed by atoms with E-state index in [9.17, 15) is 4.79 Å². The number of amides is 1.